The maximum atomic E-state index is 11.3. The maximum absolute atomic E-state index is 11.3. The van der Waals surface area contributed by atoms with E-state index in [1.54, 1.807) is 42.5 Å². The molecule has 0 radical (unpaired) electrons. The monoisotopic (exact) mass is 452 g/mol. The number of allylic oxidation sites excluding steroid dienone is 3. The summed E-state index contributed by atoms with van der Waals surface area (Å²) in [6.07, 6.45) is 6.24. The zero-order chi connectivity index (χ0) is 22.9. The number of carbonyl (C=O) groups is 1. The number of rotatable bonds is 9. The highest BCUT2D eigenvalue weighted by molar-refractivity contribution is 6.32. The Kier molecular flexibility index (Phi) is 7.77. The molecule has 2 aromatic carbocycles. The Bertz CT molecular complexity index is 1160. The van der Waals surface area contributed by atoms with E-state index in [0.717, 1.165) is 6.42 Å². The van der Waals surface area contributed by atoms with Gasteiger partial charge in [-0.2, -0.15) is 9.97 Å². The Labute approximate surface area is 190 Å². The predicted molar refractivity (Wildman–Crippen MR) is 122 cm³/mol. The van der Waals surface area contributed by atoms with Crippen LogP contribution in [-0.2, 0) is 0 Å². The van der Waals surface area contributed by atoms with Crippen LogP contribution in [0.2, 0.25) is 5.02 Å². The molecule has 2 N–H and O–H groups in total. The first kappa shape index (κ1) is 22.8. The second kappa shape index (κ2) is 10.9. The minimum absolute atomic E-state index is 0.00302. The van der Waals surface area contributed by atoms with Gasteiger partial charge in [0.2, 0.25) is 5.95 Å². The number of benzene rings is 2. The van der Waals surface area contributed by atoms with Gasteiger partial charge >= 0.3 is 18.0 Å². The van der Waals surface area contributed by atoms with Gasteiger partial charge in [-0.1, -0.05) is 42.8 Å². The van der Waals surface area contributed by atoms with Gasteiger partial charge in [-0.05, 0) is 55.8 Å². The fourth-order valence-corrected chi connectivity index (χ4v) is 2.76. The summed E-state index contributed by atoms with van der Waals surface area (Å²) in [7, 11) is 0. The Morgan fingerprint density at radius 3 is 2.62 bits per heavy atom. The van der Waals surface area contributed by atoms with Crippen molar-refractivity contribution in [3.63, 3.8) is 0 Å². The quantitative estimate of drug-likeness (QED) is 0.300. The van der Waals surface area contributed by atoms with E-state index in [4.69, 9.17) is 21.1 Å². The van der Waals surface area contributed by atoms with Crippen LogP contribution in [0.3, 0.4) is 0 Å². The molecule has 0 saturated heterocycles. The number of nitrogens with one attached hydrogen (secondary N) is 1. The van der Waals surface area contributed by atoms with Gasteiger partial charge < -0.3 is 19.9 Å². The van der Waals surface area contributed by atoms with Gasteiger partial charge in [0.1, 0.15) is 11.5 Å². The number of aromatic nitrogens is 3. The fourth-order valence-electron chi connectivity index (χ4n) is 2.58. The van der Waals surface area contributed by atoms with Gasteiger partial charge in [0.15, 0.2) is 0 Å². The lowest BCUT2D eigenvalue weighted by molar-refractivity contribution is 0.0697. The number of hydrogen-bond donors (Lipinski definition) is 2. The van der Waals surface area contributed by atoms with Crippen LogP contribution in [0.25, 0.3) is 0 Å². The van der Waals surface area contributed by atoms with E-state index in [1.807, 2.05) is 26.0 Å². The summed E-state index contributed by atoms with van der Waals surface area (Å²) in [5.41, 5.74) is 0.595. The summed E-state index contributed by atoms with van der Waals surface area (Å²) >= 11 is 6.18. The molecule has 164 valence electrons. The number of hydrogen-bond acceptors (Lipinski definition) is 7. The van der Waals surface area contributed by atoms with E-state index in [-0.39, 0.29) is 23.5 Å². The number of halogens is 1. The molecule has 1 aromatic heterocycles. The third-order valence-electron chi connectivity index (χ3n) is 3.94. The number of ether oxygens (including phenoxy) is 2. The van der Waals surface area contributed by atoms with Crippen molar-refractivity contribution in [2.45, 2.75) is 20.3 Å². The van der Waals surface area contributed by atoms with Gasteiger partial charge in [-0.15, -0.1) is 4.98 Å². The molecule has 3 rings (SSSR count). The molecule has 0 spiro atoms. The molecule has 0 unspecified atom stereocenters. The minimum atomic E-state index is -1.04. The molecule has 8 nitrogen and oxygen atoms in total. The van der Waals surface area contributed by atoms with Gasteiger partial charge in [0.25, 0.3) is 0 Å². The van der Waals surface area contributed by atoms with Crippen LogP contribution in [0.15, 0.2) is 72.5 Å². The van der Waals surface area contributed by atoms with Crippen molar-refractivity contribution in [3.05, 3.63) is 83.1 Å². The second-order valence-corrected chi connectivity index (χ2v) is 6.79. The SMILES string of the molecule is C/C=C\C(=C/CC)Oc1nc(Nc2cccc(C(=O)O)c2)nc(Oc2ccccc2Cl)n1. The Morgan fingerprint density at radius 2 is 1.91 bits per heavy atom. The number of carboxylic acid groups (broad SMARTS) is 1. The largest absolute Gasteiger partial charge is 0.478 e. The average molecular weight is 453 g/mol. The van der Waals surface area contributed by atoms with E-state index in [0.29, 0.717) is 22.2 Å². The predicted octanol–water partition coefficient (Wildman–Crippen LogP) is 6.01. The zero-order valence-corrected chi connectivity index (χ0v) is 18.2. The molecule has 0 aliphatic carbocycles. The highest BCUT2D eigenvalue weighted by Gasteiger charge is 2.13. The van der Waals surface area contributed by atoms with Crippen LogP contribution in [0.4, 0.5) is 11.6 Å². The van der Waals surface area contributed by atoms with Gasteiger partial charge in [-0.25, -0.2) is 4.79 Å². The van der Waals surface area contributed by atoms with Crippen LogP contribution >= 0.6 is 11.6 Å². The Morgan fingerprint density at radius 1 is 1.12 bits per heavy atom. The molecule has 0 saturated carbocycles. The van der Waals surface area contributed by atoms with Crippen LogP contribution in [0.1, 0.15) is 30.6 Å². The normalized spacial score (nSPS) is 11.4. The third kappa shape index (κ3) is 6.29. The number of carboxylic acids is 1. The van der Waals surface area contributed by atoms with Crippen LogP contribution in [-0.4, -0.2) is 26.0 Å². The smallest absolute Gasteiger partial charge is 0.335 e. The first-order chi connectivity index (χ1) is 15.5. The van der Waals surface area contributed by atoms with Gasteiger partial charge in [0.05, 0.1) is 10.6 Å². The lowest BCUT2D eigenvalue weighted by Gasteiger charge is -2.11. The van der Waals surface area contributed by atoms with Crippen molar-refractivity contribution >= 4 is 29.2 Å². The molecule has 9 heteroatoms. The first-order valence-corrected chi connectivity index (χ1v) is 10.2. The Balaban J connectivity index is 1.97. The van der Waals surface area contributed by atoms with Crippen molar-refractivity contribution in [2.24, 2.45) is 0 Å². The molecular formula is C23H21ClN4O4. The molecule has 0 bridgehead atoms. The van der Waals surface area contributed by atoms with Crippen molar-refractivity contribution in [3.8, 4) is 17.8 Å². The van der Waals surface area contributed by atoms with E-state index < -0.39 is 5.97 Å². The molecule has 3 aromatic rings. The van der Waals surface area contributed by atoms with E-state index in [2.05, 4.69) is 20.3 Å². The molecule has 1 heterocycles. The van der Waals surface area contributed by atoms with Crippen molar-refractivity contribution in [1.82, 2.24) is 15.0 Å². The lowest BCUT2D eigenvalue weighted by Crippen LogP contribution is -2.06. The summed E-state index contributed by atoms with van der Waals surface area (Å²) in [6.45, 7) is 3.85. The molecular weight excluding hydrogens is 432 g/mol. The van der Waals surface area contributed by atoms with Crippen LogP contribution in [0.5, 0.6) is 17.8 Å². The fraction of sp³-hybridized carbons (Fsp3) is 0.130. The number of anilines is 2. The number of aromatic carboxylic acids is 1. The van der Waals surface area contributed by atoms with Gasteiger partial charge in [0, 0.05) is 5.69 Å². The van der Waals surface area contributed by atoms with Crippen LogP contribution in [0, 0.1) is 0 Å². The zero-order valence-electron chi connectivity index (χ0n) is 17.4. The molecule has 0 amide bonds. The standard InChI is InChI=1S/C23H21ClN4O4/c1-3-8-17(9-4-2)31-22-26-21(25-16-11-7-10-15(14-16)20(29)30)27-23(28-22)32-19-13-6-5-12-18(19)24/h3,5-14H,4H2,1-2H3,(H,29,30)(H,25,26,27,28)/b8-3-,17-9+. The topological polar surface area (TPSA) is 106 Å². The minimum Gasteiger partial charge on any atom is -0.478 e. The summed E-state index contributed by atoms with van der Waals surface area (Å²) in [5.74, 6) is -0.0145. The van der Waals surface area contributed by atoms with Crippen LogP contribution < -0.4 is 14.8 Å². The average Bonchev–Trinajstić information content (AvgIpc) is 2.76. The molecule has 32 heavy (non-hydrogen) atoms. The van der Waals surface area contributed by atoms with Gasteiger partial charge in [-0.3, -0.25) is 0 Å². The Hall–Kier alpha value is -3.91. The van der Waals surface area contributed by atoms with E-state index in [9.17, 15) is 9.90 Å². The summed E-state index contributed by atoms with van der Waals surface area (Å²) in [5, 5.41) is 12.6. The van der Waals surface area contributed by atoms with E-state index in [1.165, 1.54) is 12.1 Å². The number of para-hydroxylation sites is 1. The van der Waals surface area contributed by atoms with Crippen molar-refractivity contribution in [1.29, 1.82) is 0 Å². The lowest BCUT2D eigenvalue weighted by atomic mass is 10.2. The molecule has 0 atom stereocenters. The van der Waals surface area contributed by atoms with E-state index >= 15 is 0 Å². The first-order valence-electron chi connectivity index (χ1n) is 9.78. The molecule has 0 aliphatic heterocycles. The molecule has 0 fully saturated rings. The summed E-state index contributed by atoms with van der Waals surface area (Å²) in [6, 6.07) is 13.1. The molecule has 0 aliphatic rings. The summed E-state index contributed by atoms with van der Waals surface area (Å²) < 4.78 is 11.6. The maximum Gasteiger partial charge on any atom is 0.335 e. The van der Waals surface area contributed by atoms with Crippen molar-refractivity contribution < 1.29 is 19.4 Å². The second-order valence-electron chi connectivity index (χ2n) is 6.38. The number of nitrogens with zero attached hydrogens (tertiary/aromatic N) is 3. The van der Waals surface area contributed by atoms with Crippen molar-refractivity contribution in [2.75, 3.05) is 5.32 Å². The highest BCUT2D eigenvalue weighted by atomic mass is 35.5. The summed E-state index contributed by atoms with van der Waals surface area (Å²) in [4.78, 5) is 24.0. The highest BCUT2D eigenvalue weighted by Crippen LogP contribution is 2.29. The third-order valence-corrected chi connectivity index (χ3v) is 4.26.